The summed E-state index contributed by atoms with van der Waals surface area (Å²) in [5, 5.41) is 3.13. The van der Waals surface area contributed by atoms with Gasteiger partial charge in [0.15, 0.2) is 0 Å². The summed E-state index contributed by atoms with van der Waals surface area (Å²) in [6.45, 7) is 4.86. The molecule has 2 amide bonds. The van der Waals surface area contributed by atoms with E-state index in [-0.39, 0.29) is 12.5 Å². The molecule has 160 valence electrons. The quantitative estimate of drug-likeness (QED) is 0.691. The molecule has 0 radical (unpaired) electrons. The molecule has 1 saturated heterocycles. The van der Waals surface area contributed by atoms with Crippen molar-refractivity contribution in [2.45, 2.75) is 0 Å². The number of piperazine rings is 1. The van der Waals surface area contributed by atoms with Gasteiger partial charge < -0.3 is 9.47 Å². The van der Waals surface area contributed by atoms with E-state index in [1.54, 1.807) is 43.5 Å². The van der Waals surface area contributed by atoms with Gasteiger partial charge in [0, 0.05) is 43.3 Å². The molecule has 30 heavy (non-hydrogen) atoms. The molecule has 0 aromatic heterocycles. The molecule has 0 unspecified atom stereocenters. The van der Waals surface area contributed by atoms with E-state index in [2.05, 4.69) is 10.2 Å². The predicted octanol–water partition coefficient (Wildman–Crippen LogP) is 2.30. The lowest BCUT2D eigenvalue weighted by Gasteiger charge is -2.34. The summed E-state index contributed by atoms with van der Waals surface area (Å²) < 4.78 is 10.8. The second-order valence-electron chi connectivity index (χ2n) is 7.03. The van der Waals surface area contributed by atoms with Crippen LogP contribution in [0.3, 0.4) is 0 Å². The maximum absolute atomic E-state index is 12.2. The summed E-state index contributed by atoms with van der Waals surface area (Å²) >= 11 is 5.87. The highest BCUT2D eigenvalue weighted by molar-refractivity contribution is 6.30. The molecule has 1 fully saturated rings. The normalized spacial score (nSPS) is 14.9. The number of carbonyl (C=O) groups excluding carboxylic acids is 2. The van der Waals surface area contributed by atoms with E-state index in [0.29, 0.717) is 22.9 Å². The minimum absolute atomic E-state index is 0.205. The van der Waals surface area contributed by atoms with Gasteiger partial charge in [0.2, 0.25) is 5.91 Å². The van der Waals surface area contributed by atoms with Crippen LogP contribution in [0.15, 0.2) is 48.5 Å². The lowest BCUT2D eigenvalue weighted by molar-refractivity contribution is -0.121. The first-order valence-corrected chi connectivity index (χ1v) is 10.2. The molecule has 0 atom stereocenters. The number of benzene rings is 2. The third-order valence-electron chi connectivity index (χ3n) is 4.93. The van der Waals surface area contributed by atoms with Crippen molar-refractivity contribution in [3.8, 4) is 11.5 Å². The lowest BCUT2D eigenvalue weighted by atomic mass is 10.2. The van der Waals surface area contributed by atoms with Crippen molar-refractivity contribution in [3.63, 3.8) is 0 Å². The second kappa shape index (κ2) is 11.0. The Morgan fingerprint density at radius 2 is 1.53 bits per heavy atom. The Hall–Kier alpha value is -2.61. The van der Waals surface area contributed by atoms with Crippen LogP contribution in [0.5, 0.6) is 11.5 Å². The fourth-order valence-corrected chi connectivity index (χ4v) is 3.30. The summed E-state index contributed by atoms with van der Waals surface area (Å²) in [4.78, 5) is 28.7. The van der Waals surface area contributed by atoms with Gasteiger partial charge in [0.05, 0.1) is 13.7 Å². The highest BCUT2D eigenvalue weighted by atomic mass is 35.5. The van der Waals surface area contributed by atoms with E-state index in [4.69, 9.17) is 21.1 Å². The average Bonchev–Trinajstić information content (AvgIpc) is 2.76. The molecule has 1 aliphatic heterocycles. The first kappa shape index (κ1) is 22.1. The van der Waals surface area contributed by atoms with E-state index in [1.165, 1.54) is 0 Å². The maximum atomic E-state index is 12.2. The minimum Gasteiger partial charge on any atom is -0.497 e. The number of hydrogen-bond acceptors (Lipinski definition) is 6. The molecule has 0 bridgehead atoms. The number of rotatable bonds is 8. The summed E-state index contributed by atoms with van der Waals surface area (Å²) in [5.41, 5.74) is 0.426. The summed E-state index contributed by atoms with van der Waals surface area (Å²) in [6.07, 6.45) is 0. The van der Waals surface area contributed by atoms with Gasteiger partial charge in [0.1, 0.15) is 18.1 Å². The van der Waals surface area contributed by atoms with Gasteiger partial charge in [-0.1, -0.05) is 11.6 Å². The predicted molar refractivity (Wildman–Crippen MR) is 115 cm³/mol. The SMILES string of the molecule is COc1ccc(C(=O)NC(=O)CN2CCN(CCOc3ccc(Cl)cc3)CC2)cc1. The van der Waals surface area contributed by atoms with Gasteiger partial charge in [-0.2, -0.15) is 0 Å². The molecule has 7 nitrogen and oxygen atoms in total. The number of amides is 2. The zero-order chi connectivity index (χ0) is 21.3. The summed E-state index contributed by atoms with van der Waals surface area (Å²) in [7, 11) is 1.56. The molecular formula is C22H26ClN3O4. The minimum atomic E-state index is -0.402. The maximum Gasteiger partial charge on any atom is 0.257 e. The molecule has 0 spiro atoms. The van der Waals surface area contributed by atoms with Crippen LogP contribution in [0.25, 0.3) is 0 Å². The smallest absolute Gasteiger partial charge is 0.257 e. The van der Waals surface area contributed by atoms with Crippen LogP contribution in [0, 0.1) is 0 Å². The number of nitrogens with zero attached hydrogens (tertiary/aromatic N) is 2. The monoisotopic (exact) mass is 431 g/mol. The van der Waals surface area contributed by atoms with Crippen LogP contribution in [-0.2, 0) is 4.79 Å². The van der Waals surface area contributed by atoms with Gasteiger partial charge in [-0.15, -0.1) is 0 Å². The van der Waals surface area contributed by atoms with Gasteiger partial charge in [-0.05, 0) is 48.5 Å². The highest BCUT2D eigenvalue weighted by Gasteiger charge is 2.20. The molecule has 1 aliphatic rings. The van der Waals surface area contributed by atoms with Crippen molar-refractivity contribution >= 4 is 23.4 Å². The Morgan fingerprint density at radius 3 is 2.17 bits per heavy atom. The summed E-state index contributed by atoms with van der Waals surface area (Å²) in [5.74, 6) is 0.765. The largest absolute Gasteiger partial charge is 0.497 e. The molecule has 2 aromatic carbocycles. The van der Waals surface area contributed by atoms with E-state index in [1.807, 2.05) is 17.0 Å². The fraction of sp³-hybridized carbons (Fsp3) is 0.364. The molecule has 1 N–H and O–H groups in total. The van der Waals surface area contributed by atoms with Gasteiger partial charge in [-0.3, -0.25) is 24.7 Å². The van der Waals surface area contributed by atoms with Gasteiger partial charge >= 0.3 is 0 Å². The van der Waals surface area contributed by atoms with Crippen molar-refractivity contribution < 1.29 is 19.1 Å². The fourth-order valence-electron chi connectivity index (χ4n) is 3.18. The van der Waals surface area contributed by atoms with Crippen LogP contribution in [0.1, 0.15) is 10.4 Å². The number of hydrogen-bond donors (Lipinski definition) is 1. The number of halogens is 1. The Morgan fingerprint density at radius 1 is 0.933 bits per heavy atom. The topological polar surface area (TPSA) is 71.1 Å². The number of nitrogens with one attached hydrogen (secondary N) is 1. The zero-order valence-corrected chi connectivity index (χ0v) is 17.7. The number of methoxy groups -OCH3 is 1. The van der Waals surface area contributed by atoms with E-state index in [9.17, 15) is 9.59 Å². The van der Waals surface area contributed by atoms with Crippen molar-refractivity contribution in [2.75, 3.05) is 53.0 Å². The Balaban J connectivity index is 1.34. The van der Waals surface area contributed by atoms with E-state index >= 15 is 0 Å². The van der Waals surface area contributed by atoms with Crippen LogP contribution in [-0.4, -0.2) is 74.6 Å². The standard InChI is InChI=1S/C22H26ClN3O4/c1-29-19-6-2-17(3-7-19)22(28)24-21(27)16-26-12-10-25(11-13-26)14-15-30-20-8-4-18(23)5-9-20/h2-9H,10-16H2,1H3,(H,24,27,28). The van der Waals surface area contributed by atoms with Crippen molar-refractivity contribution in [1.82, 2.24) is 15.1 Å². The highest BCUT2D eigenvalue weighted by Crippen LogP contribution is 2.15. The van der Waals surface area contributed by atoms with Crippen LogP contribution in [0.2, 0.25) is 5.02 Å². The molecular weight excluding hydrogens is 406 g/mol. The molecule has 0 saturated carbocycles. The van der Waals surface area contributed by atoms with Crippen LogP contribution < -0.4 is 14.8 Å². The van der Waals surface area contributed by atoms with Gasteiger partial charge in [0.25, 0.3) is 5.91 Å². The third-order valence-corrected chi connectivity index (χ3v) is 5.18. The molecule has 3 rings (SSSR count). The lowest BCUT2D eigenvalue weighted by Crippen LogP contribution is -2.50. The first-order valence-electron chi connectivity index (χ1n) is 9.85. The third kappa shape index (κ3) is 6.73. The van der Waals surface area contributed by atoms with E-state index in [0.717, 1.165) is 38.5 Å². The zero-order valence-electron chi connectivity index (χ0n) is 17.0. The molecule has 2 aromatic rings. The Labute approximate surface area is 181 Å². The van der Waals surface area contributed by atoms with Crippen molar-refractivity contribution in [2.24, 2.45) is 0 Å². The number of carbonyl (C=O) groups is 2. The van der Waals surface area contributed by atoms with Crippen LogP contribution >= 0.6 is 11.6 Å². The van der Waals surface area contributed by atoms with Crippen molar-refractivity contribution in [1.29, 1.82) is 0 Å². The Kier molecular flexibility index (Phi) is 8.07. The Bertz CT molecular complexity index is 834. The molecule has 1 heterocycles. The molecule has 0 aliphatic carbocycles. The molecule has 8 heteroatoms. The average molecular weight is 432 g/mol. The van der Waals surface area contributed by atoms with Crippen LogP contribution in [0.4, 0.5) is 0 Å². The van der Waals surface area contributed by atoms with Crippen molar-refractivity contribution in [3.05, 3.63) is 59.1 Å². The van der Waals surface area contributed by atoms with Gasteiger partial charge in [-0.25, -0.2) is 0 Å². The second-order valence-corrected chi connectivity index (χ2v) is 7.46. The van der Waals surface area contributed by atoms with E-state index < -0.39 is 5.91 Å². The number of ether oxygens (including phenoxy) is 2. The first-order chi connectivity index (χ1) is 14.5. The number of imide groups is 1. The summed E-state index contributed by atoms with van der Waals surface area (Å²) in [6, 6.07) is 14.0.